The van der Waals surface area contributed by atoms with Gasteiger partial charge >= 0.3 is 12.3 Å². The minimum atomic E-state index is -5.08. The van der Waals surface area contributed by atoms with Crippen LogP contribution < -0.4 is 14.4 Å². The van der Waals surface area contributed by atoms with Crippen molar-refractivity contribution >= 4 is 39.1 Å². The summed E-state index contributed by atoms with van der Waals surface area (Å²) >= 11 is 5.94. The third kappa shape index (κ3) is 4.50. The molecule has 2 heterocycles. The number of sulfonamides is 1. The highest BCUT2D eigenvalue weighted by molar-refractivity contribution is 7.93. The fourth-order valence-electron chi connectivity index (χ4n) is 2.91. The van der Waals surface area contributed by atoms with Crippen LogP contribution in [0.3, 0.4) is 0 Å². The summed E-state index contributed by atoms with van der Waals surface area (Å²) in [5, 5.41) is 24.0. The van der Waals surface area contributed by atoms with Crippen molar-refractivity contribution < 1.29 is 41.3 Å². The predicted molar refractivity (Wildman–Crippen MR) is 102 cm³/mol. The van der Waals surface area contributed by atoms with Crippen LogP contribution in [0.2, 0.25) is 5.15 Å². The van der Waals surface area contributed by atoms with Crippen LogP contribution in [0.25, 0.3) is 0 Å². The van der Waals surface area contributed by atoms with Crippen LogP contribution in [0.5, 0.6) is 5.75 Å². The Morgan fingerprint density at radius 3 is 2.68 bits per heavy atom. The number of amides is 1. The van der Waals surface area contributed by atoms with Crippen molar-refractivity contribution in [3.8, 4) is 5.75 Å². The number of aliphatic hydroxyl groups excluding tert-OH is 1. The number of nitrogens with zero attached hydrogens (tertiary/aromatic N) is 3. The van der Waals surface area contributed by atoms with Gasteiger partial charge in [-0.2, -0.15) is 18.3 Å². The molecule has 0 aliphatic carbocycles. The molecule has 0 unspecified atom stereocenters. The quantitative estimate of drug-likeness (QED) is 0.593. The second-order valence-electron chi connectivity index (χ2n) is 6.43. The van der Waals surface area contributed by atoms with Crippen LogP contribution in [0.15, 0.2) is 29.3 Å². The first-order chi connectivity index (χ1) is 14.3. The Labute approximate surface area is 178 Å². The van der Waals surface area contributed by atoms with Crippen LogP contribution in [0.1, 0.15) is 6.92 Å². The Morgan fingerprint density at radius 1 is 1.45 bits per heavy atom. The molecule has 0 saturated heterocycles. The topological polar surface area (TPSA) is 134 Å². The Morgan fingerprint density at radius 2 is 2.13 bits per heavy atom. The monoisotopic (exact) mass is 484 g/mol. The van der Waals surface area contributed by atoms with Gasteiger partial charge in [0.1, 0.15) is 10.6 Å². The third-order valence-corrected chi connectivity index (χ3v) is 6.54. The summed E-state index contributed by atoms with van der Waals surface area (Å²) in [4.78, 5) is 10.4. The van der Waals surface area contributed by atoms with Gasteiger partial charge in [-0.15, -0.1) is 0 Å². The van der Waals surface area contributed by atoms with E-state index in [4.69, 9.17) is 21.4 Å². The van der Waals surface area contributed by atoms with Crippen LogP contribution in [0, 0.1) is 0 Å². The van der Waals surface area contributed by atoms with Gasteiger partial charge < -0.3 is 14.9 Å². The number of fused-ring (bicyclic) bond motifs is 1. The number of aromatic nitrogens is 2. The number of ether oxygens (including phenoxy) is 1. The number of carbonyl (C=O) groups is 1. The van der Waals surface area contributed by atoms with Crippen LogP contribution in [-0.2, 0) is 16.6 Å². The lowest BCUT2D eigenvalue weighted by Crippen LogP contribution is -2.53. The first kappa shape index (κ1) is 23.0. The van der Waals surface area contributed by atoms with Crippen molar-refractivity contribution in [1.82, 2.24) is 9.78 Å². The number of halogens is 4. The largest absolute Gasteiger partial charge is 0.483 e. The SMILES string of the molecule is CCn1cc(S(=O)(=O)N2C[C@H]([C@@H](O)C(F)(F)F)Oc3ccc(NC(=O)O)cc32)c(Cl)n1. The molecule has 0 bridgehead atoms. The zero-order valence-electron chi connectivity index (χ0n) is 15.7. The normalized spacial score (nSPS) is 17.6. The molecular formula is C16H16ClF3N4O6S. The van der Waals surface area contributed by atoms with Gasteiger partial charge in [0, 0.05) is 18.4 Å². The molecule has 0 saturated carbocycles. The lowest BCUT2D eigenvalue weighted by atomic mass is 10.1. The van der Waals surface area contributed by atoms with Gasteiger partial charge in [0.25, 0.3) is 10.0 Å². The molecule has 1 amide bonds. The molecule has 2 aromatic rings. The van der Waals surface area contributed by atoms with Gasteiger partial charge in [0.15, 0.2) is 17.4 Å². The minimum Gasteiger partial charge on any atom is -0.483 e. The van der Waals surface area contributed by atoms with Gasteiger partial charge in [-0.3, -0.25) is 14.3 Å². The zero-order chi connectivity index (χ0) is 23.1. The fourth-order valence-corrected chi connectivity index (χ4v) is 4.84. The number of aliphatic hydroxyl groups is 1. The molecule has 0 fully saturated rings. The van der Waals surface area contributed by atoms with E-state index >= 15 is 0 Å². The summed E-state index contributed by atoms with van der Waals surface area (Å²) < 4.78 is 72.8. The van der Waals surface area contributed by atoms with E-state index in [-0.39, 0.29) is 23.7 Å². The number of aryl methyl sites for hydroxylation is 1. The van der Waals surface area contributed by atoms with Gasteiger partial charge in [0.05, 0.1) is 12.2 Å². The van der Waals surface area contributed by atoms with Crippen LogP contribution >= 0.6 is 11.6 Å². The van der Waals surface area contributed by atoms with Crippen molar-refractivity contribution in [3.63, 3.8) is 0 Å². The van der Waals surface area contributed by atoms with Crippen molar-refractivity contribution in [2.24, 2.45) is 0 Å². The van der Waals surface area contributed by atoms with E-state index in [1.54, 1.807) is 6.92 Å². The number of hydrogen-bond donors (Lipinski definition) is 3. The van der Waals surface area contributed by atoms with Crippen molar-refractivity contribution in [2.45, 2.75) is 36.7 Å². The zero-order valence-corrected chi connectivity index (χ0v) is 17.2. The lowest BCUT2D eigenvalue weighted by Gasteiger charge is -2.37. The number of carboxylic acid groups (broad SMARTS) is 1. The number of anilines is 2. The van der Waals surface area contributed by atoms with E-state index in [9.17, 15) is 31.5 Å². The van der Waals surface area contributed by atoms with Crippen molar-refractivity contribution in [1.29, 1.82) is 0 Å². The number of hydrogen-bond acceptors (Lipinski definition) is 6. The van der Waals surface area contributed by atoms with E-state index < -0.39 is 51.1 Å². The summed E-state index contributed by atoms with van der Waals surface area (Å²) in [6, 6.07) is 3.34. The Balaban J connectivity index is 2.13. The molecule has 0 spiro atoms. The molecule has 1 aromatic heterocycles. The average Bonchev–Trinajstić information content (AvgIpc) is 3.07. The highest BCUT2D eigenvalue weighted by Crippen LogP contribution is 2.41. The standard InChI is InChI=1S/C16H16ClF3N4O6S/c1-2-23-7-12(14(17)22-23)31(28,29)24-6-11(13(25)16(18,19)20)30-10-4-3-8(5-9(10)24)21-15(26)27/h3-5,7,11,13,21,25H,2,6H2,1H3,(H,26,27)/t11-,13-/m1/s1. The number of nitrogens with one attached hydrogen (secondary N) is 1. The predicted octanol–water partition coefficient (Wildman–Crippen LogP) is 2.53. The molecular weight excluding hydrogens is 469 g/mol. The van der Waals surface area contributed by atoms with Crippen LogP contribution in [0.4, 0.5) is 29.3 Å². The highest BCUT2D eigenvalue weighted by Gasteiger charge is 2.49. The van der Waals surface area contributed by atoms with E-state index in [1.807, 2.05) is 5.32 Å². The van der Waals surface area contributed by atoms with Gasteiger partial charge in [0.2, 0.25) is 0 Å². The molecule has 1 aromatic carbocycles. The minimum absolute atomic E-state index is 0.0554. The van der Waals surface area contributed by atoms with E-state index in [0.29, 0.717) is 4.31 Å². The smallest absolute Gasteiger partial charge is 0.418 e. The molecule has 1 aliphatic rings. The Hall–Kier alpha value is -2.71. The summed E-state index contributed by atoms with van der Waals surface area (Å²) in [5.41, 5.74) is -0.294. The first-order valence-corrected chi connectivity index (χ1v) is 10.5. The molecule has 3 rings (SSSR count). The molecule has 1 aliphatic heterocycles. The molecule has 170 valence electrons. The average molecular weight is 485 g/mol. The number of benzene rings is 1. The maximum atomic E-state index is 13.3. The highest BCUT2D eigenvalue weighted by atomic mass is 35.5. The van der Waals surface area contributed by atoms with Crippen molar-refractivity contribution in [2.75, 3.05) is 16.2 Å². The maximum Gasteiger partial charge on any atom is 0.418 e. The van der Waals surface area contributed by atoms with Gasteiger partial charge in [-0.1, -0.05) is 11.6 Å². The van der Waals surface area contributed by atoms with Gasteiger partial charge in [-0.05, 0) is 25.1 Å². The Bertz CT molecular complexity index is 1110. The molecule has 0 radical (unpaired) electrons. The fraction of sp³-hybridized carbons (Fsp3) is 0.375. The maximum absolute atomic E-state index is 13.3. The number of rotatable bonds is 5. The molecule has 10 nitrogen and oxygen atoms in total. The third-order valence-electron chi connectivity index (χ3n) is 4.37. The first-order valence-electron chi connectivity index (χ1n) is 8.65. The molecule has 2 atom stereocenters. The molecule has 31 heavy (non-hydrogen) atoms. The van der Waals surface area contributed by atoms with E-state index in [2.05, 4.69) is 5.10 Å². The summed E-state index contributed by atoms with van der Waals surface area (Å²) in [6.07, 6.45) is -10.4. The second kappa shape index (κ2) is 8.09. The molecule has 15 heteroatoms. The second-order valence-corrected chi connectivity index (χ2v) is 8.62. The summed E-state index contributed by atoms with van der Waals surface area (Å²) in [7, 11) is -4.57. The van der Waals surface area contributed by atoms with E-state index in [1.165, 1.54) is 10.7 Å². The van der Waals surface area contributed by atoms with Gasteiger partial charge in [-0.25, -0.2) is 13.2 Å². The van der Waals surface area contributed by atoms with Crippen LogP contribution in [-0.4, -0.2) is 59.4 Å². The summed E-state index contributed by atoms with van der Waals surface area (Å²) in [6.45, 7) is 1.03. The number of alkyl halides is 3. The molecule has 3 N–H and O–H groups in total. The Kier molecular flexibility index (Phi) is 5.99. The lowest BCUT2D eigenvalue weighted by molar-refractivity contribution is -0.225. The summed E-state index contributed by atoms with van der Waals surface area (Å²) in [5.74, 6) is -0.307. The van der Waals surface area contributed by atoms with Crippen molar-refractivity contribution in [3.05, 3.63) is 29.5 Å². The van der Waals surface area contributed by atoms with E-state index in [0.717, 1.165) is 18.3 Å².